The van der Waals surface area contributed by atoms with Crippen molar-refractivity contribution in [1.82, 2.24) is 4.90 Å². The summed E-state index contributed by atoms with van der Waals surface area (Å²) in [7, 11) is 0. The average Bonchev–Trinajstić information content (AvgIpc) is 3.30. The second-order valence-corrected chi connectivity index (χ2v) is 7.22. The Kier molecular flexibility index (Phi) is 4.34. The number of anilines is 1. The zero-order chi connectivity index (χ0) is 18.1. The molecule has 6 heteroatoms. The summed E-state index contributed by atoms with van der Waals surface area (Å²) in [5, 5.41) is 4.67. The molecule has 0 aliphatic carbocycles. The number of benzene rings is 1. The monoisotopic (exact) mass is 366 g/mol. The van der Waals surface area contributed by atoms with E-state index in [1.165, 1.54) is 18.3 Å². The molecular formula is C20H18N2O3S. The Labute approximate surface area is 155 Å². The molecule has 0 radical (unpaired) electrons. The molecule has 0 unspecified atom stereocenters. The maximum absolute atomic E-state index is 12.5. The lowest BCUT2D eigenvalue weighted by Crippen LogP contribution is -2.35. The highest BCUT2D eigenvalue weighted by Gasteiger charge is 2.25. The SMILES string of the molecule is CC(=O)Nc1ccc(-c2cc3c(o2)CCN(C(=O)c2cccs2)C3)cc1. The summed E-state index contributed by atoms with van der Waals surface area (Å²) in [6, 6.07) is 13.3. The third-order valence-corrected chi connectivity index (χ3v) is 5.23. The van der Waals surface area contributed by atoms with Gasteiger partial charge in [-0.2, -0.15) is 0 Å². The smallest absolute Gasteiger partial charge is 0.264 e. The molecule has 1 aromatic carbocycles. The molecule has 1 aliphatic rings. The van der Waals surface area contributed by atoms with Crippen LogP contribution >= 0.6 is 11.3 Å². The number of carbonyl (C=O) groups excluding carboxylic acids is 2. The van der Waals surface area contributed by atoms with E-state index in [2.05, 4.69) is 5.32 Å². The topological polar surface area (TPSA) is 62.6 Å². The molecule has 0 fully saturated rings. The van der Waals surface area contributed by atoms with Crippen LogP contribution in [0.4, 0.5) is 5.69 Å². The Morgan fingerprint density at radius 1 is 1.19 bits per heavy atom. The number of nitrogens with one attached hydrogen (secondary N) is 1. The lowest BCUT2D eigenvalue weighted by molar-refractivity contribution is -0.114. The van der Waals surface area contributed by atoms with Gasteiger partial charge in [0.1, 0.15) is 11.5 Å². The van der Waals surface area contributed by atoms with Gasteiger partial charge >= 0.3 is 0 Å². The van der Waals surface area contributed by atoms with Gasteiger partial charge in [-0.3, -0.25) is 9.59 Å². The molecule has 2 amide bonds. The van der Waals surface area contributed by atoms with E-state index in [1.807, 2.05) is 52.7 Å². The number of thiophene rings is 1. The van der Waals surface area contributed by atoms with Gasteiger partial charge in [0.2, 0.25) is 5.91 Å². The van der Waals surface area contributed by atoms with Gasteiger partial charge in [0.25, 0.3) is 5.91 Å². The summed E-state index contributed by atoms with van der Waals surface area (Å²) >= 11 is 1.47. The van der Waals surface area contributed by atoms with Crippen LogP contribution in [0.3, 0.4) is 0 Å². The van der Waals surface area contributed by atoms with Crippen LogP contribution in [0.1, 0.15) is 27.9 Å². The zero-order valence-corrected chi connectivity index (χ0v) is 15.1. The molecular weight excluding hydrogens is 348 g/mol. The number of hydrogen-bond acceptors (Lipinski definition) is 4. The van der Waals surface area contributed by atoms with Crippen molar-refractivity contribution in [2.24, 2.45) is 0 Å². The van der Waals surface area contributed by atoms with E-state index >= 15 is 0 Å². The molecule has 4 rings (SSSR count). The van der Waals surface area contributed by atoms with Crippen LogP contribution < -0.4 is 5.32 Å². The maximum atomic E-state index is 12.5. The van der Waals surface area contributed by atoms with Gasteiger partial charge in [0.15, 0.2) is 0 Å². The van der Waals surface area contributed by atoms with Gasteiger partial charge < -0.3 is 14.6 Å². The van der Waals surface area contributed by atoms with Crippen molar-refractivity contribution < 1.29 is 14.0 Å². The van der Waals surface area contributed by atoms with Gasteiger partial charge in [0.05, 0.1) is 4.88 Å². The Balaban J connectivity index is 1.52. The van der Waals surface area contributed by atoms with Crippen LogP contribution in [0.2, 0.25) is 0 Å². The van der Waals surface area contributed by atoms with E-state index < -0.39 is 0 Å². The minimum Gasteiger partial charge on any atom is -0.461 e. The van der Waals surface area contributed by atoms with E-state index in [1.54, 1.807) is 0 Å². The number of amides is 2. The standard InChI is InChI=1S/C20H18N2O3S/c1-13(23)21-16-6-4-14(5-7-16)18-11-15-12-22(9-8-17(15)25-18)20(24)19-3-2-10-26-19/h2-7,10-11H,8-9,12H2,1H3,(H,21,23). The van der Waals surface area contributed by atoms with E-state index in [0.717, 1.165) is 39.6 Å². The van der Waals surface area contributed by atoms with E-state index in [0.29, 0.717) is 13.1 Å². The van der Waals surface area contributed by atoms with Crippen molar-refractivity contribution in [3.63, 3.8) is 0 Å². The fraction of sp³-hybridized carbons (Fsp3) is 0.200. The number of hydrogen-bond donors (Lipinski definition) is 1. The Morgan fingerprint density at radius 3 is 2.69 bits per heavy atom. The number of nitrogens with zero attached hydrogens (tertiary/aromatic N) is 1. The first-order chi connectivity index (χ1) is 12.6. The largest absolute Gasteiger partial charge is 0.461 e. The molecule has 0 atom stereocenters. The minimum atomic E-state index is -0.0956. The van der Waals surface area contributed by atoms with Gasteiger partial charge in [-0.1, -0.05) is 6.07 Å². The third kappa shape index (κ3) is 3.28. The Morgan fingerprint density at radius 2 is 2.00 bits per heavy atom. The lowest BCUT2D eigenvalue weighted by Gasteiger charge is -2.25. The second-order valence-electron chi connectivity index (χ2n) is 6.27. The molecule has 3 heterocycles. The van der Waals surface area contributed by atoms with Crippen LogP contribution in [0, 0.1) is 0 Å². The van der Waals surface area contributed by atoms with Gasteiger partial charge in [-0.15, -0.1) is 11.3 Å². The van der Waals surface area contributed by atoms with Crippen molar-refractivity contribution >= 4 is 28.8 Å². The second kappa shape index (κ2) is 6.80. The highest BCUT2D eigenvalue weighted by Crippen LogP contribution is 2.31. The van der Waals surface area contributed by atoms with Crippen molar-refractivity contribution in [2.45, 2.75) is 19.9 Å². The number of carbonyl (C=O) groups is 2. The molecule has 26 heavy (non-hydrogen) atoms. The van der Waals surface area contributed by atoms with E-state index in [-0.39, 0.29) is 11.8 Å². The molecule has 1 aliphatic heterocycles. The molecule has 0 spiro atoms. The summed E-state index contributed by atoms with van der Waals surface area (Å²) in [6.45, 7) is 2.72. The predicted octanol–water partition coefficient (Wildman–Crippen LogP) is 4.17. The average molecular weight is 366 g/mol. The fourth-order valence-corrected chi connectivity index (χ4v) is 3.82. The van der Waals surface area contributed by atoms with Crippen LogP contribution in [-0.4, -0.2) is 23.3 Å². The highest BCUT2D eigenvalue weighted by atomic mass is 32.1. The molecule has 3 aromatic rings. The minimum absolute atomic E-state index is 0.0769. The molecule has 5 nitrogen and oxygen atoms in total. The quantitative estimate of drug-likeness (QED) is 0.757. The first kappa shape index (κ1) is 16.6. The molecule has 132 valence electrons. The zero-order valence-electron chi connectivity index (χ0n) is 14.3. The summed E-state index contributed by atoms with van der Waals surface area (Å²) in [5.74, 6) is 1.71. The van der Waals surface area contributed by atoms with Gasteiger partial charge in [-0.05, 0) is 41.8 Å². The maximum Gasteiger partial charge on any atom is 0.264 e. The first-order valence-electron chi connectivity index (χ1n) is 8.42. The number of furan rings is 1. The Hall–Kier alpha value is -2.86. The summed E-state index contributed by atoms with van der Waals surface area (Å²) in [6.07, 6.45) is 0.719. The highest BCUT2D eigenvalue weighted by molar-refractivity contribution is 7.12. The molecule has 0 saturated heterocycles. The third-order valence-electron chi connectivity index (χ3n) is 4.38. The molecule has 1 N–H and O–H groups in total. The van der Waals surface area contributed by atoms with Gasteiger partial charge in [-0.25, -0.2) is 0 Å². The Bertz CT molecular complexity index is 942. The van der Waals surface area contributed by atoms with Crippen LogP contribution in [0.15, 0.2) is 52.3 Å². The van der Waals surface area contributed by atoms with E-state index in [4.69, 9.17) is 4.42 Å². The van der Waals surface area contributed by atoms with Crippen LogP contribution in [0.5, 0.6) is 0 Å². The van der Waals surface area contributed by atoms with E-state index in [9.17, 15) is 9.59 Å². The summed E-state index contributed by atoms with van der Waals surface area (Å²) in [5.41, 5.74) is 2.76. The van der Waals surface area contributed by atoms with Crippen molar-refractivity contribution in [1.29, 1.82) is 0 Å². The van der Waals surface area contributed by atoms with Crippen LogP contribution in [0.25, 0.3) is 11.3 Å². The summed E-state index contributed by atoms with van der Waals surface area (Å²) in [4.78, 5) is 26.3. The molecule has 0 bridgehead atoms. The molecule has 2 aromatic heterocycles. The van der Waals surface area contributed by atoms with Gasteiger partial charge in [0, 0.05) is 43.2 Å². The fourth-order valence-electron chi connectivity index (χ4n) is 3.13. The van der Waals surface area contributed by atoms with Crippen molar-refractivity contribution in [2.75, 3.05) is 11.9 Å². The first-order valence-corrected chi connectivity index (χ1v) is 9.30. The number of fused-ring (bicyclic) bond motifs is 1. The normalized spacial score (nSPS) is 13.3. The van der Waals surface area contributed by atoms with Crippen LogP contribution in [-0.2, 0) is 17.8 Å². The summed E-state index contributed by atoms with van der Waals surface area (Å²) < 4.78 is 6.01. The lowest BCUT2D eigenvalue weighted by atomic mass is 10.1. The van der Waals surface area contributed by atoms with Crippen molar-refractivity contribution in [3.8, 4) is 11.3 Å². The van der Waals surface area contributed by atoms with Crippen molar-refractivity contribution in [3.05, 3.63) is 64.0 Å². The number of rotatable bonds is 3. The predicted molar refractivity (Wildman–Crippen MR) is 101 cm³/mol. The molecule has 0 saturated carbocycles.